The third kappa shape index (κ3) is 1.29. The van der Waals surface area contributed by atoms with Gasteiger partial charge < -0.3 is 0 Å². The lowest BCUT2D eigenvalue weighted by Gasteiger charge is -1.99. The zero-order chi connectivity index (χ0) is 8.55. The zero-order valence-corrected chi connectivity index (χ0v) is 8.74. The SMILES string of the molecule is Cc1ccc2cncc(I)c2n1. The van der Waals surface area contributed by atoms with E-state index in [4.69, 9.17) is 0 Å². The van der Waals surface area contributed by atoms with Crippen LogP contribution in [-0.2, 0) is 0 Å². The third-order valence-electron chi connectivity index (χ3n) is 1.69. The van der Waals surface area contributed by atoms with E-state index in [1.807, 2.05) is 31.5 Å². The van der Waals surface area contributed by atoms with Crippen molar-refractivity contribution in [3.05, 3.63) is 33.8 Å². The van der Waals surface area contributed by atoms with Gasteiger partial charge >= 0.3 is 0 Å². The molecular formula is C9H7IN2. The Balaban J connectivity index is 2.88. The fourth-order valence-electron chi connectivity index (χ4n) is 1.11. The fraction of sp³-hybridized carbons (Fsp3) is 0.111. The van der Waals surface area contributed by atoms with Crippen LogP contribution in [0.2, 0.25) is 0 Å². The van der Waals surface area contributed by atoms with Crippen molar-refractivity contribution < 1.29 is 0 Å². The van der Waals surface area contributed by atoms with E-state index in [9.17, 15) is 0 Å². The van der Waals surface area contributed by atoms with E-state index in [1.54, 1.807) is 0 Å². The Labute approximate surface area is 84.2 Å². The van der Waals surface area contributed by atoms with Gasteiger partial charge in [-0.3, -0.25) is 9.97 Å². The molecular weight excluding hydrogens is 263 g/mol. The molecule has 0 unspecified atom stereocenters. The second-order valence-corrected chi connectivity index (χ2v) is 3.81. The molecule has 2 nitrogen and oxygen atoms in total. The highest BCUT2D eigenvalue weighted by atomic mass is 127. The second kappa shape index (κ2) is 2.97. The van der Waals surface area contributed by atoms with E-state index in [1.165, 1.54) is 0 Å². The quantitative estimate of drug-likeness (QED) is 0.687. The molecule has 0 aromatic carbocycles. The zero-order valence-electron chi connectivity index (χ0n) is 6.58. The second-order valence-electron chi connectivity index (χ2n) is 2.65. The van der Waals surface area contributed by atoms with Crippen LogP contribution >= 0.6 is 22.6 Å². The summed E-state index contributed by atoms with van der Waals surface area (Å²) in [5.74, 6) is 0. The van der Waals surface area contributed by atoms with Gasteiger partial charge in [0.2, 0.25) is 0 Å². The molecule has 0 aliphatic carbocycles. The first-order valence-electron chi connectivity index (χ1n) is 3.64. The minimum atomic E-state index is 1.05. The van der Waals surface area contributed by atoms with Crippen LogP contribution in [0.15, 0.2) is 24.5 Å². The summed E-state index contributed by atoms with van der Waals surface area (Å²) >= 11 is 2.25. The highest BCUT2D eigenvalue weighted by Crippen LogP contribution is 2.16. The summed E-state index contributed by atoms with van der Waals surface area (Å²) in [6.07, 6.45) is 3.67. The third-order valence-corrected chi connectivity index (χ3v) is 2.48. The molecule has 2 rings (SSSR count). The molecule has 2 aromatic heterocycles. The van der Waals surface area contributed by atoms with Crippen LogP contribution in [0.1, 0.15) is 5.69 Å². The van der Waals surface area contributed by atoms with Crippen LogP contribution in [0.5, 0.6) is 0 Å². The molecule has 0 aliphatic rings. The summed E-state index contributed by atoms with van der Waals surface area (Å²) in [6, 6.07) is 4.05. The molecule has 0 saturated carbocycles. The number of aromatic nitrogens is 2. The molecule has 60 valence electrons. The molecule has 0 amide bonds. The lowest BCUT2D eigenvalue weighted by Crippen LogP contribution is -1.87. The van der Waals surface area contributed by atoms with Crippen LogP contribution in [0, 0.1) is 10.5 Å². The molecule has 0 fully saturated rings. The van der Waals surface area contributed by atoms with Crippen molar-refractivity contribution in [3.63, 3.8) is 0 Å². The average Bonchev–Trinajstić information content (AvgIpc) is 2.07. The summed E-state index contributed by atoms with van der Waals surface area (Å²) in [5.41, 5.74) is 2.09. The maximum atomic E-state index is 4.43. The van der Waals surface area contributed by atoms with E-state index < -0.39 is 0 Å². The summed E-state index contributed by atoms with van der Waals surface area (Å²) in [4.78, 5) is 8.52. The van der Waals surface area contributed by atoms with Crippen molar-refractivity contribution in [2.24, 2.45) is 0 Å². The number of hydrogen-bond acceptors (Lipinski definition) is 2. The maximum Gasteiger partial charge on any atom is 0.0869 e. The van der Waals surface area contributed by atoms with Gasteiger partial charge in [-0.1, -0.05) is 0 Å². The van der Waals surface area contributed by atoms with Gasteiger partial charge in [-0.05, 0) is 41.6 Å². The van der Waals surface area contributed by atoms with Gasteiger partial charge in [-0.15, -0.1) is 0 Å². The number of rotatable bonds is 0. The largest absolute Gasteiger partial charge is 0.263 e. The molecule has 12 heavy (non-hydrogen) atoms. The van der Waals surface area contributed by atoms with Gasteiger partial charge in [0, 0.05) is 23.5 Å². The predicted molar refractivity (Wildman–Crippen MR) is 57.0 cm³/mol. The molecule has 0 bridgehead atoms. The van der Waals surface area contributed by atoms with Gasteiger partial charge in [-0.25, -0.2) is 0 Å². The van der Waals surface area contributed by atoms with Crippen LogP contribution in [-0.4, -0.2) is 9.97 Å². The van der Waals surface area contributed by atoms with Crippen LogP contribution in [0.4, 0.5) is 0 Å². The molecule has 2 heterocycles. The number of fused-ring (bicyclic) bond motifs is 1. The van der Waals surface area contributed by atoms with Crippen molar-refractivity contribution in [2.75, 3.05) is 0 Å². The molecule has 0 saturated heterocycles. The van der Waals surface area contributed by atoms with Crippen molar-refractivity contribution in [2.45, 2.75) is 6.92 Å². The normalized spacial score (nSPS) is 10.5. The number of pyridine rings is 2. The molecule has 3 heteroatoms. The van der Waals surface area contributed by atoms with Gasteiger partial charge in [-0.2, -0.15) is 0 Å². The van der Waals surface area contributed by atoms with Crippen molar-refractivity contribution in [1.82, 2.24) is 9.97 Å². The van der Waals surface area contributed by atoms with Gasteiger partial charge in [0.25, 0.3) is 0 Å². The molecule has 0 N–H and O–H groups in total. The maximum absolute atomic E-state index is 4.43. The first-order valence-corrected chi connectivity index (χ1v) is 4.72. The topological polar surface area (TPSA) is 25.8 Å². The number of aryl methyl sites for hydroxylation is 1. The highest BCUT2D eigenvalue weighted by molar-refractivity contribution is 14.1. The van der Waals surface area contributed by atoms with Crippen LogP contribution in [0.3, 0.4) is 0 Å². The first-order chi connectivity index (χ1) is 5.77. The van der Waals surface area contributed by atoms with Crippen molar-refractivity contribution in [1.29, 1.82) is 0 Å². The lowest BCUT2D eigenvalue weighted by molar-refractivity contribution is 1.23. The van der Waals surface area contributed by atoms with Gasteiger partial charge in [0.05, 0.1) is 9.09 Å². The van der Waals surface area contributed by atoms with E-state index in [0.29, 0.717) is 0 Å². The minimum absolute atomic E-state index is 1.05. The Bertz CT molecular complexity index is 426. The van der Waals surface area contributed by atoms with Gasteiger partial charge in [0.15, 0.2) is 0 Å². The summed E-state index contributed by atoms with van der Waals surface area (Å²) in [7, 11) is 0. The Hall–Kier alpha value is -0.710. The number of nitrogens with zero attached hydrogens (tertiary/aromatic N) is 2. The summed E-state index contributed by atoms with van der Waals surface area (Å²) < 4.78 is 1.11. The average molecular weight is 270 g/mol. The molecule has 0 atom stereocenters. The molecule has 2 aromatic rings. The lowest BCUT2D eigenvalue weighted by atomic mass is 10.2. The van der Waals surface area contributed by atoms with Crippen LogP contribution in [0.25, 0.3) is 10.9 Å². The molecule has 0 spiro atoms. The standard InChI is InChI=1S/C9H7IN2/c1-6-2-3-7-4-11-5-8(10)9(7)12-6/h2-5H,1H3. The smallest absolute Gasteiger partial charge is 0.0869 e. The van der Waals surface area contributed by atoms with E-state index in [2.05, 4.69) is 32.6 Å². The van der Waals surface area contributed by atoms with Gasteiger partial charge in [0.1, 0.15) is 0 Å². The predicted octanol–water partition coefficient (Wildman–Crippen LogP) is 2.54. The fourth-order valence-corrected chi connectivity index (χ4v) is 1.70. The summed E-state index contributed by atoms with van der Waals surface area (Å²) in [5, 5.41) is 1.10. The van der Waals surface area contributed by atoms with Crippen LogP contribution < -0.4 is 0 Å². The van der Waals surface area contributed by atoms with E-state index in [-0.39, 0.29) is 0 Å². The molecule has 0 radical (unpaired) electrons. The monoisotopic (exact) mass is 270 g/mol. The van der Waals surface area contributed by atoms with E-state index in [0.717, 1.165) is 20.2 Å². The number of halogens is 1. The highest BCUT2D eigenvalue weighted by Gasteiger charge is 1.98. The Morgan fingerprint density at radius 2 is 2.08 bits per heavy atom. The minimum Gasteiger partial charge on any atom is -0.263 e. The Morgan fingerprint density at radius 1 is 1.25 bits per heavy atom. The van der Waals surface area contributed by atoms with E-state index >= 15 is 0 Å². The molecule has 0 aliphatic heterocycles. The Kier molecular flexibility index (Phi) is 1.96. The Morgan fingerprint density at radius 3 is 2.92 bits per heavy atom. The summed E-state index contributed by atoms with van der Waals surface area (Å²) in [6.45, 7) is 2.00. The first kappa shape index (κ1) is 7.91. The van der Waals surface area contributed by atoms with Crippen molar-refractivity contribution in [3.8, 4) is 0 Å². The number of hydrogen-bond donors (Lipinski definition) is 0. The van der Waals surface area contributed by atoms with Crippen molar-refractivity contribution >= 4 is 33.5 Å².